The summed E-state index contributed by atoms with van der Waals surface area (Å²) in [6.45, 7) is 10.4. The molecule has 0 radical (unpaired) electrons. The number of aryl methyl sites for hydroxylation is 1. The first kappa shape index (κ1) is 19.6. The van der Waals surface area contributed by atoms with E-state index in [4.69, 9.17) is 0 Å². The fourth-order valence-corrected chi connectivity index (χ4v) is 3.17. The van der Waals surface area contributed by atoms with Crippen LogP contribution in [-0.4, -0.2) is 26.9 Å². The summed E-state index contributed by atoms with van der Waals surface area (Å²) in [5.41, 5.74) is 1.01. The van der Waals surface area contributed by atoms with E-state index in [1.165, 1.54) is 0 Å². The van der Waals surface area contributed by atoms with Crippen molar-refractivity contribution < 1.29 is 13.2 Å². The number of rotatable bonds is 7. The summed E-state index contributed by atoms with van der Waals surface area (Å²) in [5.74, 6) is 0.0121. The molecule has 1 amide bonds. The zero-order chi connectivity index (χ0) is 17.7. The standard InChI is InChI=1S/C17H28N2O3S/c1-13(2)19-23(21,22)15-9-6-14(7-10-15)8-11-16(20)18-12-17(3,4)5/h6-7,9-10,13,19H,8,11-12H2,1-5H3,(H,18,20). The Hall–Kier alpha value is -1.40. The smallest absolute Gasteiger partial charge is 0.240 e. The van der Waals surface area contributed by atoms with Gasteiger partial charge in [-0.05, 0) is 43.4 Å². The number of sulfonamides is 1. The van der Waals surface area contributed by atoms with E-state index >= 15 is 0 Å². The Labute approximate surface area is 139 Å². The summed E-state index contributed by atoms with van der Waals surface area (Å²) >= 11 is 0. The summed E-state index contributed by atoms with van der Waals surface area (Å²) in [4.78, 5) is 12.0. The molecule has 130 valence electrons. The van der Waals surface area contributed by atoms with Crippen LogP contribution in [0.15, 0.2) is 29.2 Å². The lowest BCUT2D eigenvalue weighted by Crippen LogP contribution is -2.32. The van der Waals surface area contributed by atoms with Crippen LogP contribution in [0.1, 0.15) is 46.6 Å². The molecule has 6 heteroatoms. The maximum absolute atomic E-state index is 12.0. The lowest BCUT2D eigenvalue weighted by Gasteiger charge is -2.18. The number of hydrogen-bond acceptors (Lipinski definition) is 3. The van der Waals surface area contributed by atoms with Gasteiger partial charge in [0.1, 0.15) is 0 Å². The van der Waals surface area contributed by atoms with Crippen molar-refractivity contribution >= 4 is 15.9 Å². The lowest BCUT2D eigenvalue weighted by molar-refractivity contribution is -0.121. The Morgan fingerprint density at radius 2 is 1.70 bits per heavy atom. The minimum atomic E-state index is -3.46. The molecule has 0 aromatic heterocycles. The number of hydrogen-bond donors (Lipinski definition) is 2. The van der Waals surface area contributed by atoms with Crippen LogP contribution in [0.3, 0.4) is 0 Å². The SMILES string of the molecule is CC(C)NS(=O)(=O)c1ccc(CCC(=O)NCC(C)(C)C)cc1. The Bertz CT molecular complexity index is 614. The molecule has 0 atom stereocenters. The summed E-state index contributed by atoms with van der Waals surface area (Å²) in [6.07, 6.45) is 0.986. The van der Waals surface area contributed by atoms with Crippen LogP contribution < -0.4 is 10.0 Å². The van der Waals surface area contributed by atoms with E-state index in [-0.39, 0.29) is 22.3 Å². The van der Waals surface area contributed by atoms with Crippen molar-refractivity contribution in [1.29, 1.82) is 0 Å². The van der Waals surface area contributed by atoms with Gasteiger partial charge in [0.2, 0.25) is 15.9 Å². The highest BCUT2D eigenvalue weighted by Gasteiger charge is 2.15. The zero-order valence-corrected chi connectivity index (χ0v) is 15.5. The summed E-state index contributed by atoms with van der Waals surface area (Å²) in [6, 6.07) is 6.52. The van der Waals surface area contributed by atoms with Crippen molar-refractivity contribution in [2.45, 2.75) is 58.4 Å². The summed E-state index contributed by atoms with van der Waals surface area (Å²) in [7, 11) is -3.46. The Morgan fingerprint density at radius 1 is 1.13 bits per heavy atom. The molecule has 0 aliphatic heterocycles. The van der Waals surface area contributed by atoms with Crippen molar-refractivity contribution in [2.24, 2.45) is 5.41 Å². The molecule has 1 aromatic carbocycles. The quantitative estimate of drug-likeness (QED) is 0.800. The monoisotopic (exact) mass is 340 g/mol. The molecule has 1 aromatic rings. The minimum Gasteiger partial charge on any atom is -0.356 e. The van der Waals surface area contributed by atoms with E-state index in [0.29, 0.717) is 19.4 Å². The number of carbonyl (C=O) groups is 1. The van der Waals surface area contributed by atoms with Crippen molar-refractivity contribution in [1.82, 2.24) is 10.0 Å². The molecule has 5 nitrogen and oxygen atoms in total. The molecule has 0 spiro atoms. The maximum atomic E-state index is 12.0. The van der Waals surface area contributed by atoms with Gasteiger partial charge in [0.05, 0.1) is 4.90 Å². The van der Waals surface area contributed by atoms with Crippen LogP contribution in [0.5, 0.6) is 0 Å². The predicted octanol–water partition coefficient (Wildman–Crippen LogP) is 2.47. The molecular formula is C17H28N2O3S. The third kappa shape index (κ3) is 7.61. The highest BCUT2D eigenvalue weighted by atomic mass is 32.2. The van der Waals surface area contributed by atoms with Crippen LogP contribution >= 0.6 is 0 Å². The molecule has 0 aliphatic carbocycles. The van der Waals surface area contributed by atoms with Gasteiger partial charge in [0.25, 0.3) is 0 Å². The molecule has 0 saturated carbocycles. The molecule has 0 saturated heterocycles. The van der Waals surface area contributed by atoms with Gasteiger partial charge in [-0.3, -0.25) is 4.79 Å². The highest BCUT2D eigenvalue weighted by molar-refractivity contribution is 7.89. The van der Waals surface area contributed by atoms with E-state index in [1.807, 2.05) is 0 Å². The van der Waals surface area contributed by atoms with Crippen LogP contribution in [0.25, 0.3) is 0 Å². The summed E-state index contributed by atoms with van der Waals surface area (Å²) < 4.78 is 26.6. The third-order valence-electron chi connectivity index (χ3n) is 3.08. The van der Waals surface area contributed by atoms with E-state index < -0.39 is 10.0 Å². The second kappa shape index (κ2) is 7.93. The number of benzene rings is 1. The number of nitrogens with one attached hydrogen (secondary N) is 2. The maximum Gasteiger partial charge on any atom is 0.240 e. The first-order valence-corrected chi connectivity index (χ1v) is 9.36. The second-order valence-corrected chi connectivity index (χ2v) is 8.97. The van der Waals surface area contributed by atoms with Gasteiger partial charge in [-0.2, -0.15) is 0 Å². The van der Waals surface area contributed by atoms with Crippen molar-refractivity contribution in [3.05, 3.63) is 29.8 Å². The molecule has 0 fully saturated rings. The van der Waals surface area contributed by atoms with Gasteiger partial charge in [0.15, 0.2) is 0 Å². The van der Waals surface area contributed by atoms with Gasteiger partial charge < -0.3 is 5.32 Å². The Balaban J connectivity index is 2.56. The van der Waals surface area contributed by atoms with E-state index in [2.05, 4.69) is 30.8 Å². The van der Waals surface area contributed by atoms with E-state index in [9.17, 15) is 13.2 Å². The topological polar surface area (TPSA) is 75.3 Å². The van der Waals surface area contributed by atoms with Crippen LogP contribution in [0, 0.1) is 5.41 Å². The minimum absolute atomic E-state index is 0.0121. The second-order valence-electron chi connectivity index (χ2n) is 7.26. The molecule has 0 bridgehead atoms. The zero-order valence-electron chi connectivity index (χ0n) is 14.6. The van der Waals surface area contributed by atoms with Crippen molar-refractivity contribution in [2.75, 3.05) is 6.54 Å². The first-order chi connectivity index (χ1) is 10.5. The van der Waals surface area contributed by atoms with Gasteiger partial charge in [-0.25, -0.2) is 13.1 Å². The number of carbonyl (C=O) groups excluding carboxylic acids is 1. The molecular weight excluding hydrogens is 312 g/mol. The lowest BCUT2D eigenvalue weighted by atomic mass is 9.97. The van der Waals surface area contributed by atoms with Crippen LogP contribution in [0.2, 0.25) is 0 Å². The fraction of sp³-hybridized carbons (Fsp3) is 0.588. The van der Waals surface area contributed by atoms with Crippen molar-refractivity contribution in [3.8, 4) is 0 Å². The van der Waals surface area contributed by atoms with Gasteiger partial charge in [-0.1, -0.05) is 32.9 Å². The van der Waals surface area contributed by atoms with E-state index in [1.54, 1.807) is 38.1 Å². The van der Waals surface area contributed by atoms with Gasteiger partial charge >= 0.3 is 0 Å². The van der Waals surface area contributed by atoms with Gasteiger partial charge in [0, 0.05) is 19.0 Å². The Morgan fingerprint density at radius 3 is 2.17 bits per heavy atom. The fourth-order valence-electron chi connectivity index (χ4n) is 1.92. The molecule has 1 rings (SSSR count). The normalized spacial score (nSPS) is 12.4. The van der Waals surface area contributed by atoms with E-state index in [0.717, 1.165) is 5.56 Å². The molecule has 0 aliphatic rings. The highest BCUT2D eigenvalue weighted by Crippen LogP contribution is 2.13. The van der Waals surface area contributed by atoms with Gasteiger partial charge in [-0.15, -0.1) is 0 Å². The first-order valence-electron chi connectivity index (χ1n) is 7.87. The van der Waals surface area contributed by atoms with Crippen LogP contribution in [0.4, 0.5) is 0 Å². The molecule has 2 N–H and O–H groups in total. The number of amides is 1. The van der Waals surface area contributed by atoms with Crippen LogP contribution in [-0.2, 0) is 21.2 Å². The summed E-state index contributed by atoms with van der Waals surface area (Å²) in [5, 5.41) is 2.91. The average Bonchev–Trinajstić information content (AvgIpc) is 2.41. The average molecular weight is 340 g/mol. The van der Waals surface area contributed by atoms with Crippen molar-refractivity contribution in [3.63, 3.8) is 0 Å². The molecule has 0 unspecified atom stereocenters. The predicted molar refractivity (Wildman–Crippen MR) is 92.7 cm³/mol. The largest absolute Gasteiger partial charge is 0.356 e. The molecule has 23 heavy (non-hydrogen) atoms. The molecule has 0 heterocycles. The Kier molecular flexibility index (Phi) is 6.77. The third-order valence-corrected chi connectivity index (χ3v) is 4.76.